The van der Waals surface area contributed by atoms with Crippen molar-refractivity contribution in [3.8, 4) is 0 Å². The Balaban J connectivity index is 5.97. The predicted octanol–water partition coefficient (Wildman–Crippen LogP) is 4.06. The monoisotopic (exact) mass is 1190 g/mol. The largest absolute Gasteiger partial charge is 0.390 e. The fourth-order valence-electron chi connectivity index (χ4n) is 6.30. The minimum atomic E-state index is -0.806. The van der Waals surface area contributed by atoms with Crippen LogP contribution >= 0.6 is 50.5 Å². The van der Waals surface area contributed by atoms with Gasteiger partial charge in [0.1, 0.15) is 0 Å². The van der Waals surface area contributed by atoms with E-state index in [2.05, 4.69) is 50.5 Å². The molecule has 0 aliphatic rings. The molecular formula is C53H108O20S4. The summed E-state index contributed by atoms with van der Waals surface area (Å²) in [6.45, 7) is 28.3. The minimum Gasteiger partial charge on any atom is -0.390 e. The molecule has 0 aliphatic heterocycles. The van der Waals surface area contributed by atoms with Crippen LogP contribution in [0.5, 0.6) is 0 Å². The van der Waals surface area contributed by atoms with Crippen LogP contribution in [0.1, 0.15) is 83.1 Å². The maximum Gasteiger partial charge on any atom is 0.0861 e. The molecule has 4 N–H and O–H groups in total. The second-order valence-electron chi connectivity index (χ2n) is 20.6. The van der Waals surface area contributed by atoms with Gasteiger partial charge in [-0.25, -0.2) is 0 Å². The van der Waals surface area contributed by atoms with Crippen LogP contribution in [0, 0.1) is 5.41 Å². The lowest BCUT2D eigenvalue weighted by Gasteiger charge is -2.34. The van der Waals surface area contributed by atoms with Gasteiger partial charge in [-0.2, -0.15) is 50.5 Å². The summed E-state index contributed by atoms with van der Waals surface area (Å²) < 4.78 is 96.7. The topological polar surface area (TPSA) is 229 Å². The zero-order valence-corrected chi connectivity index (χ0v) is 52.4. The quantitative estimate of drug-likeness (QED) is 0.0402. The van der Waals surface area contributed by atoms with E-state index >= 15 is 0 Å². The maximum atomic E-state index is 9.77. The van der Waals surface area contributed by atoms with Gasteiger partial charge in [0, 0.05) is 23.0 Å². The van der Waals surface area contributed by atoms with Crippen molar-refractivity contribution in [2.45, 2.75) is 181 Å². The number of rotatable bonds is 56. The third-order valence-electron chi connectivity index (χ3n) is 11.1. The Hall–Kier alpha value is 0.600. The van der Waals surface area contributed by atoms with Crippen LogP contribution < -0.4 is 0 Å². The molecule has 0 saturated carbocycles. The van der Waals surface area contributed by atoms with Crippen molar-refractivity contribution in [1.82, 2.24) is 0 Å². The Bertz CT molecular complexity index is 1130. The molecule has 0 bridgehead atoms. The van der Waals surface area contributed by atoms with E-state index < -0.39 is 29.8 Å². The first kappa shape index (κ1) is 77.6. The summed E-state index contributed by atoms with van der Waals surface area (Å²) in [6.07, 6.45) is -5.39. The summed E-state index contributed by atoms with van der Waals surface area (Å²) in [5, 5.41) is 39.1. The SMILES string of the molecule is CC(COCC(COCC(C)OCC(C)OCC(C)OCC(O)CS)(COCC(C)OCC(C)OCC(C)OCC(O)CS)COCC(C)OCC(C)OCC(C)OCC(O)CS)OCC(C)OCC(C)OCC(O)CS. The molecule has 20 nitrogen and oxygen atoms in total. The van der Waals surface area contributed by atoms with Gasteiger partial charge >= 0.3 is 0 Å². The Morgan fingerprint density at radius 1 is 0.234 bits per heavy atom. The molecule has 0 aromatic heterocycles. The number of thiol groups is 4. The molecule has 0 aromatic rings. The second kappa shape index (κ2) is 48.9. The minimum absolute atomic E-state index is 0.186. The molecule has 0 aromatic carbocycles. The van der Waals surface area contributed by atoms with Crippen LogP contribution in [-0.4, -0.2) is 273 Å². The van der Waals surface area contributed by atoms with Crippen molar-refractivity contribution in [3.63, 3.8) is 0 Å². The third kappa shape index (κ3) is 45.7. The molecule has 0 saturated heterocycles. The summed E-state index contributed by atoms with van der Waals surface area (Å²) in [7, 11) is 0. The molecule has 77 heavy (non-hydrogen) atoms. The van der Waals surface area contributed by atoms with E-state index in [0.29, 0.717) is 75.9 Å². The van der Waals surface area contributed by atoms with Crippen LogP contribution in [-0.2, 0) is 75.8 Å². The Labute approximate surface area is 485 Å². The van der Waals surface area contributed by atoms with Crippen molar-refractivity contribution in [2.24, 2.45) is 5.41 Å². The highest BCUT2D eigenvalue weighted by molar-refractivity contribution is 7.80. The number of hydrogen-bond acceptors (Lipinski definition) is 24. The van der Waals surface area contributed by atoms with Gasteiger partial charge in [-0.1, -0.05) is 0 Å². The van der Waals surface area contributed by atoms with Gasteiger partial charge in [-0.3, -0.25) is 0 Å². The van der Waals surface area contributed by atoms with Gasteiger partial charge in [0.15, 0.2) is 0 Å². The summed E-state index contributed by atoms with van der Waals surface area (Å²) in [5.74, 6) is 1.28. The van der Waals surface area contributed by atoms with Crippen LogP contribution in [0.25, 0.3) is 0 Å². The zero-order chi connectivity index (χ0) is 58.0. The van der Waals surface area contributed by atoms with Crippen LogP contribution in [0.4, 0.5) is 0 Å². The van der Waals surface area contributed by atoms with E-state index in [0.717, 1.165) is 0 Å². The molecule has 0 heterocycles. The summed E-state index contributed by atoms with van der Waals surface area (Å²) in [5.41, 5.74) is -0.806. The highest BCUT2D eigenvalue weighted by atomic mass is 32.1. The van der Waals surface area contributed by atoms with Gasteiger partial charge in [0.2, 0.25) is 0 Å². The second-order valence-corrected chi connectivity index (χ2v) is 22.1. The zero-order valence-electron chi connectivity index (χ0n) is 48.8. The van der Waals surface area contributed by atoms with E-state index in [-0.39, 0.29) is 153 Å². The molecule has 464 valence electrons. The van der Waals surface area contributed by atoms with E-state index in [1.165, 1.54) is 0 Å². The molecular weight excluding hydrogens is 1080 g/mol. The molecule has 16 atom stereocenters. The average Bonchev–Trinajstić information content (AvgIpc) is 3.41. The lowest BCUT2D eigenvalue weighted by atomic mass is 9.92. The maximum absolute atomic E-state index is 9.77. The molecule has 24 heteroatoms. The van der Waals surface area contributed by atoms with Gasteiger partial charge in [0.05, 0.1) is 235 Å². The van der Waals surface area contributed by atoms with E-state index in [1.54, 1.807) is 0 Å². The molecule has 0 spiro atoms. The molecule has 0 radical (unpaired) electrons. The standard InChI is InChI=1S/C53H108O20S4/c1-37(62-17-41(5)66-21-45(9)70-25-49(54)29-74)13-58-33-53(34-59-14-38(2)63-18-42(6)67-22-46(10)71-26-50(55)30-75,35-60-15-39(3)64-19-43(7)68-23-47(11)72-27-51(56)31-76)36-61-16-40(4)65-20-44(8)69-24-48(12)73-28-52(57)32-77/h37-52,54-57,74-77H,13-36H2,1-12H3. The smallest absolute Gasteiger partial charge is 0.0861 e. The molecule has 0 amide bonds. The summed E-state index contributed by atoms with van der Waals surface area (Å²) in [4.78, 5) is 0. The van der Waals surface area contributed by atoms with Crippen molar-refractivity contribution in [1.29, 1.82) is 0 Å². The first-order chi connectivity index (χ1) is 36.5. The predicted molar refractivity (Wildman–Crippen MR) is 310 cm³/mol. The van der Waals surface area contributed by atoms with Gasteiger partial charge in [-0.15, -0.1) is 0 Å². The van der Waals surface area contributed by atoms with Crippen LogP contribution in [0.15, 0.2) is 0 Å². The van der Waals surface area contributed by atoms with Crippen molar-refractivity contribution < 1.29 is 96.2 Å². The van der Waals surface area contributed by atoms with Gasteiger partial charge < -0.3 is 96.2 Å². The highest BCUT2D eigenvalue weighted by Gasteiger charge is 2.34. The Morgan fingerprint density at radius 3 is 0.506 bits per heavy atom. The molecule has 16 unspecified atom stereocenters. The van der Waals surface area contributed by atoms with Gasteiger partial charge in [0.25, 0.3) is 0 Å². The van der Waals surface area contributed by atoms with Crippen molar-refractivity contribution in [2.75, 3.05) is 155 Å². The fourth-order valence-corrected chi connectivity index (χ4v) is 6.72. The first-order valence-electron chi connectivity index (χ1n) is 27.4. The van der Waals surface area contributed by atoms with Crippen molar-refractivity contribution in [3.05, 3.63) is 0 Å². The van der Waals surface area contributed by atoms with Crippen LogP contribution in [0.3, 0.4) is 0 Å². The number of ether oxygens (including phenoxy) is 16. The number of hydrogen-bond donors (Lipinski definition) is 8. The number of aliphatic hydroxyl groups excluding tert-OH is 4. The van der Waals surface area contributed by atoms with E-state index in [1.807, 2.05) is 83.1 Å². The third-order valence-corrected chi connectivity index (χ3v) is 12.8. The average molecular weight is 1190 g/mol. The lowest BCUT2D eigenvalue weighted by Crippen LogP contribution is -2.44. The fraction of sp³-hybridized carbons (Fsp3) is 1.00. The Morgan fingerprint density at radius 2 is 0.364 bits per heavy atom. The molecule has 0 fully saturated rings. The Kier molecular flexibility index (Phi) is 49.3. The lowest BCUT2D eigenvalue weighted by molar-refractivity contribution is -0.146. The molecule has 0 aliphatic carbocycles. The van der Waals surface area contributed by atoms with E-state index in [4.69, 9.17) is 75.8 Å². The molecule has 0 rings (SSSR count). The normalized spacial score (nSPS) is 19.5. The van der Waals surface area contributed by atoms with Crippen molar-refractivity contribution >= 4 is 50.5 Å². The highest BCUT2D eigenvalue weighted by Crippen LogP contribution is 2.23. The number of aliphatic hydroxyl groups is 4. The summed E-state index contributed by atoms with van der Waals surface area (Å²) >= 11 is 16.4. The summed E-state index contributed by atoms with van der Waals surface area (Å²) in [6, 6.07) is 0. The van der Waals surface area contributed by atoms with Crippen LogP contribution in [0.2, 0.25) is 0 Å². The van der Waals surface area contributed by atoms with Gasteiger partial charge in [-0.05, 0) is 83.1 Å². The van der Waals surface area contributed by atoms with E-state index in [9.17, 15) is 20.4 Å². The first-order valence-corrected chi connectivity index (χ1v) is 29.9.